The lowest BCUT2D eigenvalue weighted by Crippen LogP contribution is -2.26. The second-order valence-corrected chi connectivity index (χ2v) is 5.15. The highest BCUT2D eigenvalue weighted by Crippen LogP contribution is 2.23. The van der Waals surface area contributed by atoms with Crippen LogP contribution in [-0.4, -0.2) is 17.9 Å². The highest BCUT2D eigenvalue weighted by atomic mass is 16.2. The van der Waals surface area contributed by atoms with E-state index in [2.05, 4.69) is 33.8 Å². The summed E-state index contributed by atoms with van der Waals surface area (Å²) in [7, 11) is 1.80. The van der Waals surface area contributed by atoms with Gasteiger partial charge in [-0.05, 0) is 55.5 Å². The van der Waals surface area contributed by atoms with Gasteiger partial charge in [0.05, 0.1) is 6.07 Å². The summed E-state index contributed by atoms with van der Waals surface area (Å²) < 4.78 is 0. The van der Waals surface area contributed by atoms with Crippen molar-refractivity contribution in [2.45, 2.75) is 47.1 Å². The number of carbonyl (C=O) groups is 1. The molecular weight excluding hydrogens is 236 g/mol. The Morgan fingerprint density at radius 1 is 1.21 bits per heavy atom. The van der Waals surface area contributed by atoms with Gasteiger partial charge >= 0.3 is 0 Å². The van der Waals surface area contributed by atoms with Crippen molar-refractivity contribution in [2.75, 3.05) is 7.05 Å². The van der Waals surface area contributed by atoms with Gasteiger partial charge < -0.3 is 4.90 Å². The molecule has 3 nitrogen and oxygen atoms in total. The number of nitriles is 1. The first-order valence-electron chi connectivity index (χ1n) is 6.55. The maximum absolute atomic E-state index is 11.9. The molecule has 1 aromatic rings. The number of aryl methyl sites for hydroxylation is 2. The lowest BCUT2D eigenvalue weighted by atomic mass is 9.94. The molecule has 0 N–H and O–H groups in total. The number of hydrogen-bond acceptors (Lipinski definition) is 2. The van der Waals surface area contributed by atoms with Crippen molar-refractivity contribution < 1.29 is 4.79 Å². The van der Waals surface area contributed by atoms with E-state index in [-0.39, 0.29) is 12.3 Å². The highest BCUT2D eigenvalue weighted by Gasteiger charge is 2.14. The van der Waals surface area contributed by atoms with E-state index in [1.54, 1.807) is 11.9 Å². The Morgan fingerprint density at radius 2 is 1.74 bits per heavy atom. The van der Waals surface area contributed by atoms with E-state index in [0.29, 0.717) is 13.0 Å². The molecule has 0 aliphatic carbocycles. The summed E-state index contributed by atoms with van der Waals surface area (Å²) in [6, 6.07) is 4.20. The van der Waals surface area contributed by atoms with Gasteiger partial charge in [-0.15, -0.1) is 0 Å². The van der Waals surface area contributed by atoms with Gasteiger partial charge in [0.1, 0.15) is 0 Å². The number of nitrogens with zero attached hydrogens (tertiary/aromatic N) is 2. The maximum Gasteiger partial charge on any atom is 0.223 e. The molecule has 1 amide bonds. The van der Waals surface area contributed by atoms with Crippen molar-refractivity contribution in [2.24, 2.45) is 0 Å². The summed E-state index contributed by atoms with van der Waals surface area (Å²) in [6.45, 7) is 9.02. The molecule has 0 spiro atoms. The first-order valence-corrected chi connectivity index (χ1v) is 6.55. The zero-order valence-corrected chi connectivity index (χ0v) is 12.5. The fraction of sp³-hybridized carbons (Fsp3) is 0.500. The zero-order valence-electron chi connectivity index (χ0n) is 12.5. The lowest BCUT2D eigenvalue weighted by Gasteiger charge is -2.22. The predicted molar refractivity (Wildman–Crippen MR) is 76.7 cm³/mol. The molecule has 3 heteroatoms. The first kappa shape index (κ1) is 15.2. The molecule has 0 aromatic heterocycles. The Kier molecular flexibility index (Phi) is 5.11. The molecule has 1 aromatic carbocycles. The van der Waals surface area contributed by atoms with Gasteiger partial charge in [0, 0.05) is 26.4 Å². The summed E-state index contributed by atoms with van der Waals surface area (Å²) in [4.78, 5) is 13.6. The maximum atomic E-state index is 11.9. The topological polar surface area (TPSA) is 44.1 Å². The quantitative estimate of drug-likeness (QED) is 0.832. The largest absolute Gasteiger partial charge is 0.341 e. The predicted octanol–water partition coefficient (Wildman–Crippen LogP) is 3.18. The Morgan fingerprint density at radius 3 is 2.21 bits per heavy atom. The number of rotatable bonds is 4. The van der Waals surface area contributed by atoms with Crippen LogP contribution in [0.3, 0.4) is 0 Å². The van der Waals surface area contributed by atoms with Gasteiger partial charge in [-0.3, -0.25) is 4.79 Å². The molecule has 0 bridgehead atoms. The van der Waals surface area contributed by atoms with E-state index < -0.39 is 0 Å². The Labute approximate surface area is 115 Å². The number of hydrogen-bond donors (Lipinski definition) is 0. The summed E-state index contributed by atoms with van der Waals surface area (Å²) >= 11 is 0. The molecule has 0 atom stereocenters. The zero-order chi connectivity index (χ0) is 14.6. The summed E-state index contributed by atoms with van der Waals surface area (Å²) in [5, 5.41) is 8.53. The number of amides is 1. The third kappa shape index (κ3) is 3.57. The SMILES string of the molecule is Cc1cc(C)c(C)c(CN(C)C(=O)CCC#N)c1C. The Balaban J connectivity index is 2.94. The van der Waals surface area contributed by atoms with Crippen LogP contribution in [0.1, 0.15) is 40.7 Å². The van der Waals surface area contributed by atoms with E-state index in [1.165, 1.54) is 27.8 Å². The van der Waals surface area contributed by atoms with Crippen LogP contribution in [0, 0.1) is 39.0 Å². The molecular formula is C16H22N2O. The second-order valence-electron chi connectivity index (χ2n) is 5.15. The summed E-state index contributed by atoms with van der Waals surface area (Å²) in [5.41, 5.74) is 6.25. The highest BCUT2D eigenvalue weighted by molar-refractivity contribution is 5.76. The van der Waals surface area contributed by atoms with Crippen LogP contribution in [0.25, 0.3) is 0 Å². The number of benzene rings is 1. The second kappa shape index (κ2) is 6.38. The van der Waals surface area contributed by atoms with E-state index in [9.17, 15) is 4.79 Å². The molecule has 102 valence electrons. The fourth-order valence-electron chi connectivity index (χ4n) is 2.21. The van der Waals surface area contributed by atoms with Crippen molar-refractivity contribution in [1.82, 2.24) is 4.90 Å². The van der Waals surface area contributed by atoms with Crippen molar-refractivity contribution in [3.63, 3.8) is 0 Å². The van der Waals surface area contributed by atoms with Crippen LogP contribution >= 0.6 is 0 Å². The van der Waals surface area contributed by atoms with E-state index >= 15 is 0 Å². The molecule has 19 heavy (non-hydrogen) atoms. The normalized spacial score (nSPS) is 10.1. The van der Waals surface area contributed by atoms with Crippen LogP contribution in [0.4, 0.5) is 0 Å². The van der Waals surface area contributed by atoms with Gasteiger partial charge in [0.2, 0.25) is 5.91 Å². The third-order valence-electron chi connectivity index (χ3n) is 3.79. The first-order chi connectivity index (χ1) is 8.88. The Bertz CT molecular complexity index is 500. The molecule has 0 heterocycles. The van der Waals surface area contributed by atoms with Crippen LogP contribution in [0.15, 0.2) is 6.07 Å². The van der Waals surface area contributed by atoms with Crippen molar-refractivity contribution >= 4 is 5.91 Å². The van der Waals surface area contributed by atoms with Crippen molar-refractivity contribution in [3.8, 4) is 6.07 Å². The molecule has 1 rings (SSSR count). The average molecular weight is 258 g/mol. The van der Waals surface area contributed by atoms with Crippen LogP contribution in [0.2, 0.25) is 0 Å². The fourth-order valence-corrected chi connectivity index (χ4v) is 2.21. The Hall–Kier alpha value is -1.82. The van der Waals surface area contributed by atoms with Crippen LogP contribution in [0.5, 0.6) is 0 Å². The molecule has 0 fully saturated rings. The monoisotopic (exact) mass is 258 g/mol. The molecule has 0 aliphatic rings. The van der Waals surface area contributed by atoms with Gasteiger partial charge in [-0.1, -0.05) is 6.07 Å². The van der Waals surface area contributed by atoms with Crippen molar-refractivity contribution in [1.29, 1.82) is 5.26 Å². The molecule has 0 saturated heterocycles. The molecule has 0 aliphatic heterocycles. The summed E-state index contributed by atoms with van der Waals surface area (Å²) in [5.74, 6) is 0.0273. The lowest BCUT2D eigenvalue weighted by molar-refractivity contribution is -0.130. The minimum Gasteiger partial charge on any atom is -0.341 e. The van der Waals surface area contributed by atoms with Crippen LogP contribution < -0.4 is 0 Å². The minimum absolute atomic E-state index is 0.0273. The van der Waals surface area contributed by atoms with Gasteiger partial charge in [-0.25, -0.2) is 0 Å². The molecule has 0 unspecified atom stereocenters. The standard InChI is InChI=1S/C16H22N2O/c1-11-9-12(2)14(4)15(13(11)3)10-18(5)16(19)7-6-8-17/h9H,6-7,10H2,1-5H3. The van der Waals surface area contributed by atoms with E-state index in [1.807, 2.05) is 6.07 Å². The average Bonchev–Trinajstić information content (AvgIpc) is 2.38. The van der Waals surface area contributed by atoms with Gasteiger partial charge in [0.15, 0.2) is 0 Å². The minimum atomic E-state index is 0.0273. The van der Waals surface area contributed by atoms with Crippen LogP contribution in [-0.2, 0) is 11.3 Å². The van der Waals surface area contributed by atoms with E-state index in [4.69, 9.17) is 5.26 Å². The third-order valence-corrected chi connectivity index (χ3v) is 3.79. The molecule has 0 radical (unpaired) electrons. The summed E-state index contributed by atoms with van der Waals surface area (Å²) in [6.07, 6.45) is 0.587. The number of carbonyl (C=O) groups excluding carboxylic acids is 1. The smallest absolute Gasteiger partial charge is 0.223 e. The molecule has 0 saturated carbocycles. The van der Waals surface area contributed by atoms with Gasteiger partial charge in [-0.2, -0.15) is 5.26 Å². The van der Waals surface area contributed by atoms with Gasteiger partial charge in [0.25, 0.3) is 0 Å². The van der Waals surface area contributed by atoms with E-state index in [0.717, 1.165) is 0 Å². The van der Waals surface area contributed by atoms with Crippen molar-refractivity contribution in [3.05, 3.63) is 33.9 Å².